The summed E-state index contributed by atoms with van der Waals surface area (Å²) in [4.78, 5) is 10.7. The average Bonchev–Trinajstić information content (AvgIpc) is 2.36. The van der Waals surface area contributed by atoms with E-state index in [2.05, 4.69) is 0 Å². The minimum atomic E-state index is -0.849. The van der Waals surface area contributed by atoms with Crippen LogP contribution < -0.4 is 15.2 Å². The molecule has 5 heteroatoms. The fourth-order valence-corrected chi connectivity index (χ4v) is 1.79. The summed E-state index contributed by atoms with van der Waals surface area (Å²) in [5.41, 5.74) is 6.88. The Morgan fingerprint density at radius 2 is 1.94 bits per heavy atom. The molecule has 0 aliphatic heterocycles. The van der Waals surface area contributed by atoms with Gasteiger partial charge >= 0.3 is 5.97 Å². The molecule has 0 amide bonds. The summed E-state index contributed by atoms with van der Waals surface area (Å²) in [5, 5.41) is 8.76. The molecular formula is C13H19NO4. The number of aliphatic carboxylic acids is 1. The fourth-order valence-electron chi connectivity index (χ4n) is 1.79. The van der Waals surface area contributed by atoms with Gasteiger partial charge in [0.05, 0.1) is 14.2 Å². The van der Waals surface area contributed by atoms with Gasteiger partial charge in [-0.2, -0.15) is 0 Å². The van der Waals surface area contributed by atoms with Gasteiger partial charge in [-0.1, -0.05) is 13.0 Å². The Morgan fingerprint density at radius 1 is 1.33 bits per heavy atom. The van der Waals surface area contributed by atoms with Gasteiger partial charge in [0.1, 0.15) is 0 Å². The van der Waals surface area contributed by atoms with Crippen LogP contribution in [0.3, 0.4) is 0 Å². The third-order valence-corrected chi connectivity index (χ3v) is 2.90. The Bertz CT molecular complexity index is 419. The summed E-state index contributed by atoms with van der Waals surface area (Å²) in [5.74, 6) is 0.214. The van der Waals surface area contributed by atoms with Crippen LogP contribution in [0.2, 0.25) is 0 Å². The number of hydrogen-bond acceptors (Lipinski definition) is 4. The summed E-state index contributed by atoms with van der Waals surface area (Å²) in [6, 6.07) is 5.02. The Morgan fingerprint density at radius 3 is 2.44 bits per heavy atom. The number of rotatable bonds is 6. The first kappa shape index (κ1) is 14.3. The summed E-state index contributed by atoms with van der Waals surface area (Å²) in [6.45, 7) is 1.81. The highest BCUT2D eigenvalue weighted by Gasteiger charge is 2.19. The lowest BCUT2D eigenvalue weighted by atomic mass is 9.92. The van der Waals surface area contributed by atoms with Gasteiger partial charge < -0.3 is 20.3 Å². The molecule has 1 aromatic carbocycles. The van der Waals surface area contributed by atoms with Crippen molar-refractivity contribution < 1.29 is 19.4 Å². The highest BCUT2D eigenvalue weighted by molar-refractivity contribution is 5.67. The first-order chi connectivity index (χ1) is 8.49. The molecule has 0 aromatic heterocycles. The molecule has 1 rings (SSSR count). The van der Waals surface area contributed by atoms with Crippen LogP contribution in [0.1, 0.15) is 24.9 Å². The lowest BCUT2D eigenvalue weighted by Gasteiger charge is -2.20. The molecule has 0 saturated heterocycles. The van der Waals surface area contributed by atoms with E-state index in [0.29, 0.717) is 11.5 Å². The number of ether oxygens (including phenoxy) is 2. The minimum absolute atomic E-state index is 0.0372. The van der Waals surface area contributed by atoms with Crippen molar-refractivity contribution in [1.29, 1.82) is 0 Å². The van der Waals surface area contributed by atoms with Gasteiger partial charge in [0.25, 0.3) is 0 Å². The standard InChI is InChI=1S/C13H19NO4/c1-8(6-12(15)16)13(14)9-4-5-10(17-2)11(7-9)18-3/h4-5,7-8,13H,6,14H2,1-3H3,(H,15,16). The average molecular weight is 253 g/mol. The zero-order valence-electron chi connectivity index (χ0n) is 10.8. The Balaban J connectivity index is 2.92. The monoisotopic (exact) mass is 253 g/mol. The van der Waals surface area contributed by atoms with E-state index in [0.717, 1.165) is 5.56 Å². The van der Waals surface area contributed by atoms with E-state index in [4.69, 9.17) is 20.3 Å². The largest absolute Gasteiger partial charge is 0.493 e. The maximum absolute atomic E-state index is 10.7. The molecule has 3 N–H and O–H groups in total. The topological polar surface area (TPSA) is 81.8 Å². The number of nitrogens with two attached hydrogens (primary N) is 1. The van der Waals surface area contributed by atoms with Gasteiger partial charge in [-0.05, 0) is 23.6 Å². The van der Waals surface area contributed by atoms with E-state index in [-0.39, 0.29) is 18.4 Å². The van der Waals surface area contributed by atoms with Crippen molar-refractivity contribution in [3.8, 4) is 11.5 Å². The van der Waals surface area contributed by atoms with Crippen LogP contribution in [0, 0.1) is 5.92 Å². The van der Waals surface area contributed by atoms with Gasteiger partial charge in [-0.3, -0.25) is 4.79 Å². The maximum atomic E-state index is 10.7. The van der Waals surface area contributed by atoms with Crippen molar-refractivity contribution in [2.75, 3.05) is 14.2 Å². The van der Waals surface area contributed by atoms with Crippen LogP contribution in [-0.2, 0) is 4.79 Å². The van der Waals surface area contributed by atoms with Crippen molar-refractivity contribution >= 4 is 5.97 Å². The van der Waals surface area contributed by atoms with E-state index < -0.39 is 5.97 Å². The minimum Gasteiger partial charge on any atom is -0.493 e. The van der Waals surface area contributed by atoms with E-state index in [9.17, 15) is 4.79 Å². The zero-order valence-corrected chi connectivity index (χ0v) is 10.8. The van der Waals surface area contributed by atoms with E-state index in [1.807, 2.05) is 13.0 Å². The molecule has 0 fully saturated rings. The summed E-state index contributed by atoms with van der Waals surface area (Å²) >= 11 is 0. The molecule has 0 bridgehead atoms. The predicted octanol–water partition coefficient (Wildman–Crippen LogP) is 1.81. The van der Waals surface area contributed by atoms with Crippen molar-refractivity contribution in [2.45, 2.75) is 19.4 Å². The fraction of sp³-hybridized carbons (Fsp3) is 0.462. The summed E-state index contributed by atoms with van der Waals surface area (Å²) < 4.78 is 10.3. The van der Waals surface area contributed by atoms with E-state index in [1.54, 1.807) is 26.4 Å². The highest BCUT2D eigenvalue weighted by Crippen LogP contribution is 2.31. The SMILES string of the molecule is COc1ccc(C(N)C(C)CC(=O)O)cc1OC. The molecule has 18 heavy (non-hydrogen) atoms. The molecule has 0 radical (unpaired) electrons. The first-order valence-corrected chi connectivity index (χ1v) is 5.69. The number of carboxylic acids is 1. The van der Waals surface area contributed by atoms with Gasteiger partial charge in [-0.25, -0.2) is 0 Å². The number of carboxylic acid groups (broad SMARTS) is 1. The van der Waals surface area contributed by atoms with Gasteiger partial charge in [0.2, 0.25) is 0 Å². The molecule has 0 aliphatic carbocycles. The second-order valence-electron chi connectivity index (χ2n) is 4.22. The molecule has 0 saturated carbocycles. The Hall–Kier alpha value is -1.75. The molecular weight excluding hydrogens is 234 g/mol. The molecule has 2 unspecified atom stereocenters. The van der Waals surface area contributed by atoms with Gasteiger partial charge in [0.15, 0.2) is 11.5 Å². The maximum Gasteiger partial charge on any atom is 0.303 e. The Kier molecular flexibility index (Phi) is 4.97. The predicted molar refractivity (Wildman–Crippen MR) is 67.9 cm³/mol. The summed E-state index contributed by atoms with van der Waals surface area (Å²) in [6.07, 6.45) is 0.0372. The Labute approximate surface area is 107 Å². The molecule has 0 aliphatic rings. The number of hydrogen-bond donors (Lipinski definition) is 2. The van der Waals surface area contributed by atoms with Crippen LogP contribution in [0.15, 0.2) is 18.2 Å². The van der Waals surface area contributed by atoms with Crippen LogP contribution in [-0.4, -0.2) is 25.3 Å². The van der Waals surface area contributed by atoms with Gasteiger partial charge in [0, 0.05) is 12.5 Å². The second kappa shape index (κ2) is 6.26. The number of carbonyl (C=O) groups is 1. The van der Waals surface area contributed by atoms with Crippen LogP contribution in [0.25, 0.3) is 0 Å². The molecule has 2 atom stereocenters. The third kappa shape index (κ3) is 3.37. The quantitative estimate of drug-likeness (QED) is 0.808. The molecule has 0 spiro atoms. The smallest absolute Gasteiger partial charge is 0.303 e. The van der Waals surface area contributed by atoms with Crippen molar-refractivity contribution in [3.05, 3.63) is 23.8 Å². The zero-order chi connectivity index (χ0) is 13.7. The van der Waals surface area contributed by atoms with Gasteiger partial charge in [-0.15, -0.1) is 0 Å². The molecule has 5 nitrogen and oxygen atoms in total. The van der Waals surface area contributed by atoms with E-state index >= 15 is 0 Å². The van der Waals surface area contributed by atoms with Crippen LogP contribution in [0.5, 0.6) is 11.5 Å². The van der Waals surface area contributed by atoms with Crippen LogP contribution in [0.4, 0.5) is 0 Å². The third-order valence-electron chi connectivity index (χ3n) is 2.90. The summed E-state index contributed by atoms with van der Waals surface area (Å²) in [7, 11) is 3.11. The number of benzene rings is 1. The van der Waals surface area contributed by atoms with Crippen LogP contribution >= 0.6 is 0 Å². The molecule has 100 valence electrons. The van der Waals surface area contributed by atoms with Crippen molar-refractivity contribution in [3.63, 3.8) is 0 Å². The van der Waals surface area contributed by atoms with E-state index in [1.165, 1.54) is 0 Å². The molecule has 1 aromatic rings. The first-order valence-electron chi connectivity index (χ1n) is 5.69. The van der Waals surface area contributed by atoms with Crippen molar-refractivity contribution in [1.82, 2.24) is 0 Å². The lowest BCUT2D eigenvalue weighted by Crippen LogP contribution is -2.21. The van der Waals surface area contributed by atoms with Crippen molar-refractivity contribution in [2.24, 2.45) is 11.7 Å². The highest BCUT2D eigenvalue weighted by atomic mass is 16.5. The number of methoxy groups -OCH3 is 2. The second-order valence-corrected chi connectivity index (χ2v) is 4.22. The molecule has 0 heterocycles. The normalized spacial score (nSPS) is 13.8. The lowest BCUT2D eigenvalue weighted by molar-refractivity contribution is -0.138.